The number of furan rings is 1. The Morgan fingerprint density at radius 3 is 2.27 bits per heavy atom. The van der Waals surface area contributed by atoms with E-state index in [1.165, 1.54) is 27.7 Å². The van der Waals surface area contributed by atoms with Crippen molar-refractivity contribution in [1.29, 1.82) is 0 Å². The van der Waals surface area contributed by atoms with Gasteiger partial charge in [-0.15, -0.1) is 0 Å². The standard InChI is InChI=1S/C27H22N4O6/c1-34-21-11-4-15(13-22(21)35-2)25(32)31-18-8-6-17(7-9-18)30-24-23-19-12-16(27(33)36-3)5-10-20(19)37-26(23)29-14-28-24/h4-14H,1-3H3,(H,31,32)(H,28,29,30). The van der Waals surface area contributed by atoms with Crippen molar-refractivity contribution in [2.45, 2.75) is 0 Å². The molecule has 1 amide bonds. The number of carbonyl (C=O) groups excluding carboxylic acids is 2. The highest BCUT2D eigenvalue weighted by molar-refractivity contribution is 6.11. The molecule has 0 bridgehead atoms. The number of amides is 1. The van der Waals surface area contributed by atoms with Gasteiger partial charge in [0, 0.05) is 22.3 Å². The second-order valence-corrected chi connectivity index (χ2v) is 7.93. The molecule has 0 atom stereocenters. The lowest BCUT2D eigenvalue weighted by Crippen LogP contribution is -2.12. The Bertz CT molecular complexity index is 1630. The zero-order chi connectivity index (χ0) is 25.9. The second kappa shape index (κ2) is 9.86. The Kier molecular flexibility index (Phi) is 6.29. The molecule has 2 aromatic heterocycles. The number of nitrogens with zero attached hydrogens (tertiary/aromatic N) is 2. The summed E-state index contributed by atoms with van der Waals surface area (Å²) >= 11 is 0. The van der Waals surface area contributed by atoms with Gasteiger partial charge in [0.25, 0.3) is 5.91 Å². The second-order valence-electron chi connectivity index (χ2n) is 7.93. The van der Waals surface area contributed by atoms with E-state index in [1.807, 2.05) is 0 Å². The van der Waals surface area contributed by atoms with E-state index in [0.29, 0.717) is 56.2 Å². The van der Waals surface area contributed by atoms with Crippen LogP contribution in [0.4, 0.5) is 17.2 Å². The number of rotatable bonds is 7. The molecule has 10 heteroatoms. The van der Waals surface area contributed by atoms with Crippen molar-refractivity contribution < 1.29 is 28.2 Å². The largest absolute Gasteiger partial charge is 0.493 e. The molecule has 2 heterocycles. The zero-order valence-electron chi connectivity index (χ0n) is 20.2. The summed E-state index contributed by atoms with van der Waals surface area (Å²) in [6.07, 6.45) is 1.39. The first-order valence-electron chi connectivity index (χ1n) is 11.2. The molecule has 0 spiro atoms. The maximum absolute atomic E-state index is 12.7. The summed E-state index contributed by atoms with van der Waals surface area (Å²) < 4.78 is 21.1. The van der Waals surface area contributed by atoms with Crippen LogP contribution in [0.1, 0.15) is 20.7 Å². The van der Waals surface area contributed by atoms with Gasteiger partial charge in [-0.2, -0.15) is 0 Å². The third-order valence-corrected chi connectivity index (χ3v) is 5.74. The summed E-state index contributed by atoms with van der Waals surface area (Å²) in [5.41, 5.74) is 3.11. The maximum Gasteiger partial charge on any atom is 0.337 e. The van der Waals surface area contributed by atoms with Crippen molar-refractivity contribution in [3.63, 3.8) is 0 Å². The SMILES string of the molecule is COC(=O)c1ccc2oc3ncnc(Nc4ccc(NC(=O)c5ccc(OC)c(OC)c5)cc4)c3c2c1. The van der Waals surface area contributed by atoms with Crippen LogP contribution in [-0.2, 0) is 4.74 Å². The normalized spacial score (nSPS) is 10.8. The minimum absolute atomic E-state index is 0.287. The van der Waals surface area contributed by atoms with Gasteiger partial charge in [-0.3, -0.25) is 4.79 Å². The Morgan fingerprint density at radius 1 is 0.811 bits per heavy atom. The van der Waals surface area contributed by atoms with Crippen LogP contribution in [-0.4, -0.2) is 43.2 Å². The number of benzene rings is 3. The van der Waals surface area contributed by atoms with E-state index in [2.05, 4.69) is 20.6 Å². The first-order valence-corrected chi connectivity index (χ1v) is 11.2. The number of fused-ring (bicyclic) bond motifs is 3. The van der Waals surface area contributed by atoms with Gasteiger partial charge in [0.2, 0.25) is 5.71 Å². The Hall–Kier alpha value is -5.12. The number of aromatic nitrogens is 2. The van der Waals surface area contributed by atoms with Crippen LogP contribution in [0.2, 0.25) is 0 Å². The molecule has 37 heavy (non-hydrogen) atoms. The van der Waals surface area contributed by atoms with Crippen LogP contribution in [0.5, 0.6) is 11.5 Å². The molecule has 0 fully saturated rings. The first-order chi connectivity index (χ1) is 18.0. The molecule has 0 radical (unpaired) electrons. The summed E-state index contributed by atoms with van der Waals surface area (Å²) in [7, 11) is 4.38. The third-order valence-electron chi connectivity index (χ3n) is 5.74. The fourth-order valence-corrected chi connectivity index (χ4v) is 3.90. The average molecular weight is 498 g/mol. The van der Waals surface area contributed by atoms with E-state index in [0.717, 1.165) is 5.69 Å². The molecule has 0 aliphatic heterocycles. The topological polar surface area (TPSA) is 125 Å². The number of hydrogen-bond acceptors (Lipinski definition) is 9. The molecule has 0 aliphatic carbocycles. The fourth-order valence-electron chi connectivity index (χ4n) is 3.90. The van der Waals surface area contributed by atoms with Crippen LogP contribution in [0.3, 0.4) is 0 Å². The lowest BCUT2D eigenvalue weighted by Gasteiger charge is -2.11. The molecular formula is C27H22N4O6. The van der Waals surface area contributed by atoms with Crippen molar-refractivity contribution in [2.75, 3.05) is 32.0 Å². The monoisotopic (exact) mass is 498 g/mol. The molecule has 0 saturated heterocycles. The van der Waals surface area contributed by atoms with E-state index in [4.69, 9.17) is 18.6 Å². The highest BCUT2D eigenvalue weighted by Gasteiger charge is 2.17. The fraction of sp³-hybridized carbons (Fsp3) is 0.111. The maximum atomic E-state index is 12.7. The van der Waals surface area contributed by atoms with E-state index >= 15 is 0 Å². The molecule has 5 rings (SSSR count). The molecule has 3 aromatic carbocycles. The lowest BCUT2D eigenvalue weighted by molar-refractivity contribution is 0.0600. The minimum atomic E-state index is -0.451. The molecule has 10 nitrogen and oxygen atoms in total. The van der Waals surface area contributed by atoms with Crippen molar-refractivity contribution in [3.05, 3.63) is 78.1 Å². The quantitative estimate of drug-likeness (QED) is 0.292. The van der Waals surface area contributed by atoms with Crippen molar-refractivity contribution >= 4 is 51.1 Å². The summed E-state index contributed by atoms with van der Waals surface area (Å²) in [4.78, 5) is 33.3. The molecule has 5 aromatic rings. The zero-order valence-corrected chi connectivity index (χ0v) is 20.2. The van der Waals surface area contributed by atoms with E-state index in [-0.39, 0.29) is 5.91 Å². The van der Waals surface area contributed by atoms with Crippen molar-refractivity contribution in [1.82, 2.24) is 9.97 Å². The molecular weight excluding hydrogens is 476 g/mol. The smallest absolute Gasteiger partial charge is 0.337 e. The first kappa shape index (κ1) is 23.6. The summed E-state index contributed by atoms with van der Waals surface area (Å²) in [5, 5.41) is 7.43. The van der Waals surface area contributed by atoms with Crippen LogP contribution >= 0.6 is 0 Å². The summed E-state index contributed by atoms with van der Waals surface area (Å²) in [6, 6.07) is 17.1. The Balaban J connectivity index is 1.38. The van der Waals surface area contributed by atoms with E-state index in [9.17, 15) is 9.59 Å². The van der Waals surface area contributed by atoms with Crippen molar-refractivity contribution in [3.8, 4) is 11.5 Å². The summed E-state index contributed by atoms with van der Waals surface area (Å²) in [6.45, 7) is 0. The average Bonchev–Trinajstić information content (AvgIpc) is 3.32. The van der Waals surface area contributed by atoms with Crippen LogP contribution in [0, 0.1) is 0 Å². The number of anilines is 3. The predicted molar refractivity (Wildman–Crippen MR) is 138 cm³/mol. The van der Waals surface area contributed by atoms with Gasteiger partial charge in [0.05, 0.1) is 32.3 Å². The molecule has 2 N–H and O–H groups in total. The summed E-state index contributed by atoms with van der Waals surface area (Å²) in [5.74, 6) is 0.781. The van der Waals surface area contributed by atoms with Gasteiger partial charge in [-0.1, -0.05) is 0 Å². The molecule has 0 saturated carbocycles. The van der Waals surface area contributed by atoms with E-state index in [1.54, 1.807) is 60.7 Å². The number of carbonyl (C=O) groups is 2. The lowest BCUT2D eigenvalue weighted by atomic mass is 10.1. The predicted octanol–water partition coefficient (Wildman–Crippen LogP) is 5.18. The van der Waals surface area contributed by atoms with E-state index < -0.39 is 5.97 Å². The van der Waals surface area contributed by atoms with Gasteiger partial charge >= 0.3 is 5.97 Å². The number of hydrogen-bond donors (Lipinski definition) is 2. The van der Waals surface area contributed by atoms with Crippen LogP contribution < -0.4 is 20.1 Å². The van der Waals surface area contributed by atoms with Gasteiger partial charge in [-0.05, 0) is 60.7 Å². The Labute approximate surface area is 211 Å². The highest BCUT2D eigenvalue weighted by atomic mass is 16.5. The van der Waals surface area contributed by atoms with Gasteiger partial charge in [0.1, 0.15) is 17.7 Å². The highest BCUT2D eigenvalue weighted by Crippen LogP contribution is 2.34. The van der Waals surface area contributed by atoms with Gasteiger partial charge in [0.15, 0.2) is 11.5 Å². The van der Waals surface area contributed by atoms with Gasteiger partial charge < -0.3 is 29.3 Å². The van der Waals surface area contributed by atoms with Crippen LogP contribution in [0.15, 0.2) is 71.4 Å². The number of ether oxygens (including phenoxy) is 3. The van der Waals surface area contributed by atoms with Crippen LogP contribution in [0.25, 0.3) is 22.1 Å². The number of nitrogens with one attached hydrogen (secondary N) is 2. The van der Waals surface area contributed by atoms with Gasteiger partial charge in [-0.25, -0.2) is 14.8 Å². The molecule has 0 aliphatic rings. The minimum Gasteiger partial charge on any atom is -0.493 e. The molecule has 186 valence electrons. The Morgan fingerprint density at radius 2 is 1.54 bits per heavy atom. The molecule has 0 unspecified atom stereocenters. The number of esters is 1. The third kappa shape index (κ3) is 4.59. The number of methoxy groups -OCH3 is 3. The van der Waals surface area contributed by atoms with Crippen molar-refractivity contribution in [2.24, 2.45) is 0 Å².